The van der Waals surface area contributed by atoms with Gasteiger partial charge in [0.15, 0.2) is 5.65 Å². The first-order valence-corrected chi connectivity index (χ1v) is 11.0. The minimum absolute atomic E-state index is 0.0671. The van der Waals surface area contributed by atoms with Crippen LogP contribution >= 0.6 is 0 Å². The molecule has 0 atom stereocenters. The van der Waals surface area contributed by atoms with Crippen LogP contribution in [0.1, 0.15) is 31.8 Å². The highest BCUT2D eigenvalue weighted by Gasteiger charge is 2.19. The number of carboxylic acids is 2. The van der Waals surface area contributed by atoms with Crippen molar-refractivity contribution in [3.05, 3.63) is 95.1 Å². The minimum Gasteiger partial charge on any atom is -0.478 e. The summed E-state index contributed by atoms with van der Waals surface area (Å²) in [7, 11) is -3.58. The van der Waals surface area contributed by atoms with Crippen LogP contribution in [0.4, 0.5) is 4.39 Å². The molecule has 0 spiro atoms. The average molecular weight is 470 g/mol. The van der Waals surface area contributed by atoms with E-state index in [4.69, 9.17) is 10.2 Å². The highest BCUT2D eigenvalue weighted by molar-refractivity contribution is 7.90. The summed E-state index contributed by atoms with van der Waals surface area (Å²) >= 11 is 0. The number of fused-ring (bicyclic) bond motifs is 1. The molecule has 0 bridgehead atoms. The van der Waals surface area contributed by atoms with Gasteiger partial charge in [-0.2, -0.15) is 0 Å². The van der Waals surface area contributed by atoms with Gasteiger partial charge in [-0.25, -0.2) is 31.4 Å². The van der Waals surface area contributed by atoms with Gasteiger partial charge in [-0.1, -0.05) is 17.7 Å². The third-order valence-corrected chi connectivity index (χ3v) is 6.50. The molecule has 0 amide bonds. The van der Waals surface area contributed by atoms with Crippen LogP contribution in [0.3, 0.4) is 0 Å². The van der Waals surface area contributed by atoms with Crippen LogP contribution in [-0.2, 0) is 10.0 Å². The molecule has 2 heterocycles. The molecule has 4 aromatic rings. The lowest BCUT2D eigenvalue weighted by Gasteiger charge is -2.07. The number of rotatable bonds is 4. The first-order chi connectivity index (χ1) is 15.5. The van der Waals surface area contributed by atoms with Crippen LogP contribution < -0.4 is 0 Å². The lowest BCUT2D eigenvalue weighted by molar-refractivity contribution is 0.0695. The first kappa shape index (κ1) is 23.6. The number of aromatic carboxylic acids is 2. The fraction of sp³-hybridized carbons (Fsp3) is 0.0870. The standard InChI is InChI=1S/C14H12N2O2S.C9H7FO4/c1-11-4-6-13(7-5-11)19(17,18)16-10-8-12-3-2-9-15-14(12)16;1-4-6(9(13)14)2-5(8(11)12)3-7(4)10/h2-10H,1H3;2-3H,1H3,(H,11,12)(H,13,14). The molecule has 0 radical (unpaired) electrons. The second kappa shape index (κ2) is 9.21. The van der Waals surface area contributed by atoms with Gasteiger partial charge in [0, 0.05) is 17.8 Å². The summed E-state index contributed by atoms with van der Waals surface area (Å²) in [6, 6.07) is 13.9. The normalized spacial score (nSPS) is 11.0. The Kier molecular flexibility index (Phi) is 6.59. The van der Waals surface area contributed by atoms with Crippen LogP contribution in [0.15, 0.2) is 71.9 Å². The summed E-state index contributed by atoms with van der Waals surface area (Å²) in [5, 5.41) is 18.0. The summed E-state index contributed by atoms with van der Waals surface area (Å²) in [6.45, 7) is 3.20. The minimum atomic E-state index is -3.58. The quantitative estimate of drug-likeness (QED) is 0.459. The Hall–Kier alpha value is -4.05. The zero-order chi connectivity index (χ0) is 24.3. The van der Waals surface area contributed by atoms with Gasteiger partial charge in [0.1, 0.15) is 5.82 Å². The smallest absolute Gasteiger partial charge is 0.336 e. The van der Waals surface area contributed by atoms with Crippen LogP contribution in [0.5, 0.6) is 0 Å². The Morgan fingerprint density at radius 3 is 2.24 bits per heavy atom. The van der Waals surface area contributed by atoms with Crippen LogP contribution in [0, 0.1) is 19.7 Å². The molecule has 10 heteroatoms. The van der Waals surface area contributed by atoms with Crippen molar-refractivity contribution < 1.29 is 32.6 Å². The first-order valence-electron chi connectivity index (χ1n) is 9.53. The summed E-state index contributed by atoms with van der Waals surface area (Å²) in [4.78, 5) is 25.5. The predicted octanol–water partition coefficient (Wildman–Crippen LogP) is 4.11. The van der Waals surface area contributed by atoms with Gasteiger partial charge in [-0.3, -0.25) is 0 Å². The van der Waals surface area contributed by atoms with Gasteiger partial charge in [-0.15, -0.1) is 0 Å². The van der Waals surface area contributed by atoms with E-state index in [1.165, 1.54) is 17.1 Å². The molecule has 0 aliphatic heterocycles. The summed E-state index contributed by atoms with van der Waals surface area (Å²) in [6.07, 6.45) is 3.12. The fourth-order valence-electron chi connectivity index (χ4n) is 2.98. The number of pyridine rings is 1. The molecule has 4 rings (SSSR count). The zero-order valence-electron chi connectivity index (χ0n) is 17.6. The van der Waals surface area contributed by atoms with Gasteiger partial charge in [0.25, 0.3) is 10.0 Å². The molecule has 33 heavy (non-hydrogen) atoms. The van der Waals surface area contributed by atoms with Crippen molar-refractivity contribution in [2.75, 3.05) is 0 Å². The molecule has 0 aliphatic carbocycles. The Labute approximate surface area is 188 Å². The molecule has 2 aromatic carbocycles. The lowest BCUT2D eigenvalue weighted by atomic mass is 10.0. The number of hydrogen-bond acceptors (Lipinski definition) is 5. The fourth-order valence-corrected chi connectivity index (χ4v) is 4.29. The maximum atomic E-state index is 13.0. The van der Waals surface area contributed by atoms with E-state index in [2.05, 4.69) is 4.98 Å². The van der Waals surface area contributed by atoms with Crippen molar-refractivity contribution in [3.63, 3.8) is 0 Å². The Morgan fingerprint density at radius 1 is 0.970 bits per heavy atom. The second-order valence-electron chi connectivity index (χ2n) is 7.09. The Morgan fingerprint density at radius 2 is 1.64 bits per heavy atom. The van der Waals surface area contributed by atoms with Crippen molar-refractivity contribution in [3.8, 4) is 0 Å². The number of nitrogens with zero attached hydrogens (tertiary/aromatic N) is 2. The third-order valence-electron chi connectivity index (χ3n) is 4.81. The molecule has 170 valence electrons. The Balaban J connectivity index is 0.000000196. The van der Waals surface area contributed by atoms with Crippen molar-refractivity contribution in [1.82, 2.24) is 8.96 Å². The van der Waals surface area contributed by atoms with E-state index in [1.54, 1.807) is 42.6 Å². The van der Waals surface area contributed by atoms with Gasteiger partial charge >= 0.3 is 11.9 Å². The molecule has 2 N–H and O–H groups in total. The predicted molar refractivity (Wildman–Crippen MR) is 119 cm³/mol. The average Bonchev–Trinajstić information content (AvgIpc) is 3.21. The summed E-state index contributed by atoms with van der Waals surface area (Å²) in [5.41, 5.74) is 0.702. The largest absolute Gasteiger partial charge is 0.478 e. The maximum Gasteiger partial charge on any atom is 0.336 e. The molecule has 0 saturated heterocycles. The third kappa shape index (κ3) is 4.90. The molecule has 2 aromatic heterocycles. The number of carboxylic acid groups (broad SMARTS) is 2. The number of benzene rings is 2. The van der Waals surface area contributed by atoms with Crippen LogP contribution in [-0.4, -0.2) is 39.5 Å². The van der Waals surface area contributed by atoms with Crippen LogP contribution in [0.25, 0.3) is 11.0 Å². The number of aromatic nitrogens is 2. The number of carbonyl (C=O) groups is 2. The topological polar surface area (TPSA) is 127 Å². The van der Waals surface area contributed by atoms with E-state index >= 15 is 0 Å². The number of aryl methyl sites for hydroxylation is 1. The lowest BCUT2D eigenvalue weighted by Crippen LogP contribution is -2.12. The SMILES string of the molecule is Cc1c(F)cc(C(=O)O)cc1C(=O)O.Cc1ccc(S(=O)(=O)n2ccc3cccnc32)cc1. The van der Waals surface area contributed by atoms with Crippen molar-refractivity contribution in [2.24, 2.45) is 0 Å². The Bertz CT molecular complexity index is 1460. The van der Waals surface area contributed by atoms with E-state index < -0.39 is 27.8 Å². The van der Waals surface area contributed by atoms with E-state index in [-0.39, 0.29) is 21.6 Å². The van der Waals surface area contributed by atoms with Crippen molar-refractivity contribution in [1.29, 1.82) is 0 Å². The highest BCUT2D eigenvalue weighted by Crippen LogP contribution is 2.20. The number of halogens is 1. The van der Waals surface area contributed by atoms with Gasteiger partial charge in [0.2, 0.25) is 0 Å². The van der Waals surface area contributed by atoms with Crippen LogP contribution in [0.2, 0.25) is 0 Å². The number of hydrogen-bond donors (Lipinski definition) is 2. The summed E-state index contributed by atoms with van der Waals surface area (Å²) < 4.78 is 39.3. The summed E-state index contributed by atoms with van der Waals surface area (Å²) in [5.74, 6) is -3.53. The highest BCUT2D eigenvalue weighted by atomic mass is 32.2. The molecule has 0 unspecified atom stereocenters. The van der Waals surface area contributed by atoms with Gasteiger partial charge in [0.05, 0.1) is 16.0 Å². The van der Waals surface area contributed by atoms with E-state index in [9.17, 15) is 22.4 Å². The van der Waals surface area contributed by atoms with E-state index in [0.717, 1.165) is 23.1 Å². The van der Waals surface area contributed by atoms with Gasteiger partial charge < -0.3 is 10.2 Å². The molecular weight excluding hydrogens is 451 g/mol. The van der Waals surface area contributed by atoms with E-state index in [0.29, 0.717) is 5.65 Å². The molecular formula is C23H19FN2O6S. The van der Waals surface area contributed by atoms with Crippen molar-refractivity contribution in [2.45, 2.75) is 18.7 Å². The molecule has 8 nitrogen and oxygen atoms in total. The van der Waals surface area contributed by atoms with Gasteiger partial charge in [-0.05, 0) is 61.9 Å². The molecule has 0 fully saturated rings. The van der Waals surface area contributed by atoms with E-state index in [1.807, 2.05) is 13.0 Å². The van der Waals surface area contributed by atoms with Crippen molar-refractivity contribution >= 4 is 33.0 Å². The molecule has 0 aliphatic rings. The monoisotopic (exact) mass is 470 g/mol. The zero-order valence-corrected chi connectivity index (χ0v) is 18.4. The molecule has 0 saturated carbocycles. The second-order valence-corrected chi connectivity index (χ2v) is 8.90. The maximum absolute atomic E-state index is 13.0.